The number of thioether (sulfide) groups is 1. The lowest BCUT2D eigenvalue weighted by Crippen LogP contribution is -2.77. The SMILES string of the molecule is CC.CC(O/N=C(\C(=O)NC1C(=O)N(OS(=O)(=O)O)C1(C)C)C1=CSC(NC(=O)OC(C)(C)C)N1C)C1CCc2cc(C(N)=NC3CCCNCC3)ccc2O1.O=CO. The van der Waals surface area contributed by atoms with Gasteiger partial charge in [0.05, 0.1) is 17.3 Å². The van der Waals surface area contributed by atoms with E-state index in [-0.39, 0.29) is 23.9 Å². The minimum absolute atomic E-state index is 0.183. The molecular formula is C37H58N8O12S2. The van der Waals surface area contributed by atoms with E-state index in [1.165, 1.54) is 25.6 Å². The Bertz CT molecular complexity index is 1860. The van der Waals surface area contributed by atoms with Gasteiger partial charge < -0.3 is 40.7 Å². The first-order chi connectivity index (χ1) is 27.6. The van der Waals surface area contributed by atoms with Crippen molar-refractivity contribution in [3.8, 4) is 5.75 Å². The molecule has 0 spiro atoms. The summed E-state index contributed by atoms with van der Waals surface area (Å²) in [5, 5.41) is 21.9. The summed E-state index contributed by atoms with van der Waals surface area (Å²) in [5.74, 6) is -0.577. The molecule has 0 radical (unpaired) electrons. The number of nitrogens with two attached hydrogens (primary N) is 1. The lowest BCUT2D eigenvalue weighted by molar-refractivity contribution is -0.218. The van der Waals surface area contributed by atoms with Gasteiger partial charge in [-0.05, 0) is 110 Å². The first-order valence-electron chi connectivity index (χ1n) is 19.2. The van der Waals surface area contributed by atoms with Crippen LogP contribution in [0.2, 0.25) is 0 Å². The third-order valence-corrected chi connectivity index (χ3v) is 10.7. The molecule has 5 atom stereocenters. The third-order valence-electron chi connectivity index (χ3n) is 9.29. The van der Waals surface area contributed by atoms with Crippen molar-refractivity contribution in [3.63, 3.8) is 0 Å². The van der Waals surface area contributed by atoms with Crippen LogP contribution in [0.3, 0.4) is 0 Å². The van der Waals surface area contributed by atoms with Gasteiger partial charge in [-0.2, -0.15) is 13.5 Å². The number of nitrogens with one attached hydrogen (secondary N) is 3. The number of nitrogens with zero attached hydrogens (tertiary/aromatic N) is 4. The van der Waals surface area contributed by atoms with Crippen LogP contribution in [0.15, 0.2) is 39.5 Å². The van der Waals surface area contributed by atoms with Crippen LogP contribution in [0.5, 0.6) is 5.75 Å². The molecule has 0 saturated carbocycles. The Morgan fingerprint density at radius 2 is 1.85 bits per heavy atom. The highest BCUT2D eigenvalue weighted by Gasteiger charge is 2.58. The molecule has 4 heterocycles. The number of hydrogen-bond donors (Lipinski definition) is 6. The van der Waals surface area contributed by atoms with Gasteiger partial charge in [0.2, 0.25) is 0 Å². The Kier molecular flexibility index (Phi) is 17.4. The molecule has 5 unspecified atom stereocenters. The predicted octanol–water partition coefficient (Wildman–Crippen LogP) is 2.88. The number of aliphatic imine (C=N–C) groups is 1. The number of carbonyl (C=O) groups is 4. The summed E-state index contributed by atoms with van der Waals surface area (Å²) in [6.45, 7) is 15.5. The Morgan fingerprint density at radius 3 is 2.47 bits per heavy atom. The molecular weight excluding hydrogens is 813 g/mol. The minimum Gasteiger partial charge on any atom is -0.486 e. The number of aryl methyl sites for hydroxylation is 1. The van der Waals surface area contributed by atoms with Crippen molar-refractivity contribution in [2.75, 3.05) is 20.1 Å². The van der Waals surface area contributed by atoms with E-state index in [1.807, 2.05) is 32.0 Å². The molecule has 2 fully saturated rings. The van der Waals surface area contributed by atoms with Crippen molar-refractivity contribution in [1.29, 1.82) is 0 Å². The summed E-state index contributed by atoms with van der Waals surface area (Å²) in [5.41, 5.74) is 5.45. The fourth-order valence-corrected chi connectivity index (χ4v) is 7.77. The lowest BCUT2D eigenvalue weighted by Gasteiger charge is -2.50. The number of alkyl carbamates (subject to hydrolysis) is 1. The maximum Gasteiger partial charge on any atom is 0.418 e. The van der Waals surface area contributed by atoms with Gasteiger partial charge in [-0.3, -0.25) is 29.2 Å². The number of carboxylic acid groups (broad SMARTS) is 1. The van der Waals surface area contributed by atoms with Gasteiger partial charge >= 0.3 is 16.5 Å². The normalized spacial score (nSPS) is 23.5. The zero-order valence-corrected chi connectivity index (χ0v) is 36.5. The number of amides is 3. The highest BCUT2D eigenvalue weighted by atomic mass is 32.3. The number of β-lactam (4-membered cyclic amide) rings is 1. The van der Waals surface area contributed by atoms with E-state index >= 15 is 0 Å². The predicted molar refractivity (Wildman–Crippen MR) is 221 cm³/mol. The molecule has 20 nitrogen and oxygen atoms in total. The van der Waals surface area contributed by atoms with Gasteiger partial charge in [-0.25, -0.2) is 4.79 Å². The van der Waals surface area contributed by atoms with Gasteiger partial charge in [0.15, 0.2) is 17.3 Å². The van der Waals surface area contributed by atoms with Gasteiger partial charge in [-0.15, -0.1) is 4.28 Å². The van der Waals surface area contributed by atoms with Crippen molar-refractivity contribution in [2.24, 2.45) is 15.9 Å². The molecule has 1 aromatic carbocycles. The molecule has 59 heavy (non-hydrogen) atoms. The summed E-state index contributed by atoms with van der Waals surface area (Å²) in [6.07, 6.45) is 2.48. The van der Waals surface area contributed by atoms with E-state index in [2.05, 4.69) is 25.4 Å². The Labute approximate surface area is 349 Å². The Hall–Kier alpha value is -4.64. The van der Waals surface area contributed by atoms with Crippen molar-refractivity contribution in [1.82, 2.24) is 25.9 Å². The van der Waals surface area contributed by atoms with Crippen LogP contribution >= 0.6 is 11.8 Å². The van der Waals surface area contributed by atoms with Crippen LogP contribution in [-0.2, 0) is 45.1 Å². The molecule has 4 aliphatic heterocycles. The Morgan fingerprint density at radius 1 is 1.17 bits per heavy atom. The van der Waals surface area contributed by atoms with Crippen LogP contribution in [-0.4, -0.2) is 125 Å². The van der Waals surface area contributed by atoms with E-state index in [1.54, 1.807) is 45.1 Å². The van der Waals surface area contributed by atoms with Gasteiger partial charge in [0, 0.05) is 18.0 Å². The minimum atomic E-state index is -5.00. The molecule has 2 saturated heterocycles. The van der Waals surface area contributed by atoms with Crippen molar-refractivity contribution >= 4 is 58.1 Å². The maximum absolute atomic E-state index is 13.9. The summed E-state index contributed by atoms with van der Waals surface area (Å²) in [7, 11) is -3.38. The first kappa shape index (κ1) is 48.7. The number of hydrogen-bond acceptors (Lipinski definition) is 15. The summed E-state index contributed by atoms with van der Waals surface area (Å²) >= 11 is 1.17. The second kappa shape index (κ2) is 21.1. The average molecular weight is 871 g/mol. The van der Waals surface area contributed by atoms with Crippen molar-refractivity contribution in [3.05, 3.63) is 40.4 Å². The zero-order valence-electron chi connectivity index (χ0n) is 34.9. The van der Waals surface area contributed by atoms with Crippen LogP contribution in [0.4, 0.5) is 4.79 Å². The number of ether oxygens (including phenoxy) is 2. The second-order valence-electron chi connectivity index (χ2n) is 15.2. The summed E-state index contributed by atoms with van der Waals surface area (Å²) in [6, 6.07) is 4.67. The quantitative estimate of drug-likeness (QED) is 0.0466. The number of carbonyl (C=O) groups excluding carboxylic acids is 3. The highest BCUT2D eigenvalue weighted by Crippen LogP contribution is 2.35. The molecule has 3 amide bonds. The zero-order chi connectivity index (χ0) is 44.3. The largest absolute Gasteiger partial charge is 0.486 e. The standard InChI is InChI=1S/C34H50N8O10S2.C2H6.CH2O2/c1-19(24-12-10-20-17-21(11-13-25(20)49-24)28(35)37-22-9-8-15-36-16-14-22)51-40-26(23-18-53-31(41(23)7)39-32(45)50-33(2,3)4)29(43)38-27-30(44)42(34(27,5)6)52-54(46,47)48;1-2;2-1-3/h11,13,17-19,22,24,27,31,36H,8-10,12,14-16H2,1-7H3,(H2,35,37)(H,38,43)(H,39,45)(H,46,47,48);1-2H3;1H,(H,2,3)/b40-26-;;. The van der Waals surface area contributed by atoms with Crippen LogP contribution < -0.4 is 26.4 Å². The van der Waals surface area contributed by atoms with Gasteiger partial charge in [-0.1, -0.05) is 30.8 Å². The van der Waals surface area contributed by atoms with Crippen molar-refractivity contribution in [2.45, 2.75) is 128 Å². The fourth-order valence-electron chi connectivity index (χ4n) is 6.32. The topological polar surface area (TPSA) is 273 Å². The van der Waals surface area contributed by atoms with Gasteiger partial charge in [0.1, 0.15) is 29.3 Å². The second-order valence-corrected chi connectivity index (χ2v) is 17.1. The van der Waals surface area contributed by atoms with E-state index in [0.717, 1.165) is 43.5 Å². The molecule has 330 valence electrons. The molecule has 0 bridgehead atoms. The molecule has 7 N–H and O–H groups in total. The Balaban J connectivity index is 0.00000178. The smallest absolute Gasteiger partial charge is 0.418 e. The van der Waals surface area contributed by atoms with E-state index in [4.69, 9.17) is 39.5 Å². The van der Waals surface area contributed by atoms with E-state index in [0.29, 0.717) is 29.5 Å². The molecule has 1 aromatic rings. The monoisotopic (exact) mass is 870 g/mol. The molecule has 4 aliphatic rings. The summed E-state index contributed by atoms with van der Waals surface area (Å²) in [4.78, 5) is 59.9. The summed E-state index contributed by atoms with van der Waals surface area (Å²) < 4.78 is 47.8. The number of hydroxylamine groups is 2. The molecule has 22 heteroatoms. The highest BCUT2D eigenvalue weighted by molar-refractivity contribution is 8.02. The van der Waals surface area contributed by atoms with Crippen LogP contribution in [0.1, 0.15) is 92.2 Å². The molecule has 0 aromatic heterocycles. The van der Waals surface area contributed by atoms with Crippen LogP contribution in [0, 0.1) is 0 Å². The van der Waals surface area contributed by atoms with Crippen molar-refractivity contribution < 1.29 is 55.9 Å². The average Bonchev–Trinajstić information content (AvgIpc) is 3.32. The van der Waals surface area contributed by atoms with E-state index in [9.17, 15) is 22.8 Å². The third kappa shape index (κ3) is 13.4. The van der Waals surface area contributed by atoms with Crippen LogP contribution in [0.25, 0.3) is 0 Å². The molecule has 5 rings (SSSR count). The number of benzene rings is 1. The number of oxime groups is 1. The number of amidine groups is 1. The first-order valence-corrected chi connectivity index (χ1v) is 21.5. The fraction of sp³-hybridized carbons (Fsp3) is 0.622. The lowest BCUT2D eigenvalue weighted by atomic mass is 9.84. The molecule has 0 aliphatic carbocycles. The van der Waals surface area contributed by atoms with E-state index < -0.39 is 63.2 Å². The number of rotatable bonds is 11. The maximum atomic E-state index is 13.9. The number of fused-ring (bicyclic) bond motifs is 1. The van der Waals surface area contributed by atoms with Gasteiger partial charge in [0.25, 0.3) is 18.3 Å².